The van der Waals surface area contributed by atoms with Gasteiger partial charge in [0.2, 0.25) is 5.91 Å². The van der Waals surface area contributed by atoms with E-state index >= 15 is 0 Å². The molecule has 0 saturated carbocycles. The van der Waals surface area contributed by atoms with Gasteiger partial charge in [-0.25, -0.2) is 4.39 Å². The zero-order chi connectivity index (χ0) is 17.7. The molecule has 1 N–H and O–H groups in total. The standard InChI is InChI=1S/C18H25FN2O3/c1-20(2)17(14-4-6-15(19)7-5-14)18(24)21-11-9-13(10-12-21)3-8-16(22)23/h4-7,13,17H,3,8-12H2,1-2H3,(H,22,23)/t17-/m0/s1. The summed E-state index contributed by atoms with van der Waals surface area (Å²) in [6, 6.07) is 5.62. The van der Waals surface area contributed by atoms with Gasteiger partial charge < -0.3 is 10.0 Å². The van der Waals surface area contributed by atoms with E-state index in [0.29, 0.717) is 25.4 Å². The molecule has 6 heteroatoms. The molecule has 0 radical (unpaired) electrons. The van der Waals surface area contributed by atoms with Crippen LogP contribution >= 0.6 is 0 Å². The number of piperidine rings is 1. The maximum atomic E-state index is 13.1. The average molecular weight is 336 g/mol. The van der Waals surface area contributed by atoms with Crippen LogP contribution in [0.1, 0.15) is 37.3 Å². The lowest BCUT2D eigenvalue weighted by Crippen LogP contribution is -2.44. The topological polar surface area (TPSA) is 60.9 Å². The summed E-state index contributed by atoms with van der Waals surface area (Å²) in [4.78, 5) is 27.2. The van der Waals surface area contributed by atoms with Crippen molar-refractivity contribution in [3.05, 3.63) is 35.6 Å². The number of halogens is 1. The molecular weight excluding hydrogens is 311 g/mol. The summed E-state index contributed by atoms with van der Waals surface area (Å²) in [5.74, 6) is -0.697. The zero-order valence-corrected chi connectivity index (χ0v) is 14.2. The van der Waals surface area contributed by atoms with Crippen molar-refractivity contribution < 1.29 is 19.1 Å². The van der Waals surface area contributed by atoms with E-state index in [1.54, 1.807) is 12.1 Å². The number of amides is 1. The lowest BCUT2D eigenvalue weighted by molar-refractivity contribution is -0.139. The molecule has 1 aromatic rings. The van der Waals surface area contributed by atoms with Crippen LogP contribution in [0.4, 0.5) is 4.39 Å². The van der Waals surface area contributed by atoms with Crippen LogP contribution in [0.2, 0.25) is 0 Å². The van der Waals surface area contributed by atoms with Crippen LogP contribution in [0.5, 0.6) is 0 Å². The number of carboxylic acid groups (broad SMARTS) is 1. The normalized spacial score (nSPS) is 17.1. The lowest BCUT2D eigenvalue weighted by atomic mass is 9.91. The number of carboxylic acids is 1. The summed E-state index contributed by atoms with van der Waals surface area (Å²) in [6.45, 7) is 1.29. The number of carbonyl (C=O) groups excluding carboxylic acids is 1. The molecule has 1 aliphatic rings. The summed E-state index contributed by atoms with van der Waals surface area (Å²) >= 11 is 0. The van der Waals surface area contributed by atoms with E-state index < -0.39 is 12.0 Å². The van der Waals surface area contributed by atoms with Crippen LogP contribution in [0.15, 0.2) is 24.3 Å². The van der Waals surface area contributed by atoms with Gasteiger partial charge in [0.05, 0.1) is 0 Å². The Kier molecular flexibility index (Phi) is 6.31. The molecule has 24 heavy (non-hydrogen) atoms. The summed E-state index contributed by atoms with van der Waals surface area (Å²) in [5, 5.41) is 8.77. The van der Waals surface area contributed by atoms with Crippen LogP contribution in [-0.2, 0) is 9.59 Å². The first kappa shape index (κ1) is 18.4. The lowest BCUT2D eigenvalue weighted by Gasteiger charge is -2.36. The minimum Gasteiger partial charge on any atom is -0.481 e. The van der Waals surface area contributed by atoms with Crippen LogP contribution in [0, 0.1) is 11.7 Å². The molecule has 0 aromatic heterocycles. The fourth-order valence-corrected chi connectivity index (χ4v) is 3.25. The molecule has 2 rings (SSSR count). The second-order valence-corrected chi connectivity index (χ2v) is 6.62. The van der Waals surface area contributed by atoms with Gasteiger partial charge in [-0.05, 0) is 57.0 Å². The Morgan fingerprint density at radius 3 is 2.33 bits per heavy atom. The third-order valence-corrected chi connectivity index (χ3v) is 4.63. The van der Waals surface area contributed by atoms with E-state index in [1.165, 1.54) is 12.1 Å². The quantitative estimate of drug-likeness (QED) is 0.867. The third kappa shape index (κ3) is 4.77. The predicted octanol–water partition coefficient (Wildman–Crippen LogP) is 2.53. The van der Waals surface area contributed by atoms with Crippen molar-refractivity contribution in [3.8, 4) is 0 Å². The number of hydrogen-bond acceptors (Lipinski definition) is 3. The second-order valence-electron chi connectivity index (χ2n) is 6.62. The van der Waals surface area contributed by atoms with Gasteiger partial charge in [-0.3, -0.25) is 14.5 Å². The van der Waals surface area contributed by atoms with Crippen molar-refractivity contribution in [2.24, 2.45) is 5.92 Å². The summed E-state index contributed by atoms with van der Waals surface area (Å²) < 4.78 is 13.1. The third-order valence-electron chi connectivity index (χ3n) is 4.63. The Hall–Kier alpha value is -1.95. The number of nitrogens with zero attached hydrogens (tertiary/aromatic N) is 2. The van der Waals surface area contributed by atoms with Crippen LogP contribution < -0.4 is 0 Å². The summed E-state index contributed by atoms with van der Waals surface area (Å²) in [6.07, 6.45) is 2.53. The Morgan fingerprint density at radius 2 is 1.83 bits per heavy atom. The first-order chi connectivity index (χ1) is 11.4. The first-order valence-corrected chi connectivity index (χ1v) is 8.31. The molecule has 5 nitrogen and oxygen atoms in total. The van der Waals surface area contributed by atoms with Gasteiger partial charge in [0, 0.05) is 19.5 Å². The number of carbonyl (C=O) groups is 2. The zero-order valence-electron chi connectivity index (χ0n) is 14.2. The molecule has 0 bridgehead atoms. The van der Waals surface area contributed by atoms with E-state index in [2.05, 4.69) is 0 Å². The molecule has 0 unspecified atom stereocenters. The van der Waals surface area contributed by atoms with Gasteiger partial charge in [-0.15, -0.1) is 0 Å². The van der Waals surface area contributed by atoms with Crippen molar-refractivity contribution in [2.75, 3.05) is 27.2 Å². The minimum absolute atomic E-state index is 0.0169. The van der Waals surface area contributed by atoms with Crippen molar-refractivity contribution in [1.82, 2.24) is 9.80 Å². The maximum absolute atomic E-state index is 13.1. The Balaban J connectivity index is 1.99. The highest BCUT2D eigenvalue weighted by Crippen LogP contribution is 2.26. The number of hydrogen-bond donors (Lipinski definition) is 1. The van der Waals surface area contributed by atoms with Gasteiger partial charge in [0.1, 0.15) is 11.9 Å². The van der Waals surface area contributed by atoms with Crippen LogP contribution in [-0.4, -0.2) is 54.0 Å². The van der Waals surface area contributed by atoms with Gasteiger partial charge >= 0.3 is 5.97 Å². The Bertz CT molecular complexity index is 566. The van der Waals surface area contributed by atoms with Gasteiger partial charge in [0.15, 0.2) is 0 Å². The summed E-state index contributed by atoms with van der Waals surface area (Å²) in [5.41, 5.74) is 0.777. The van der Waals surface area contributed by atoms with Crippen molar-refractivity contribution in [1.29, 1.82) is 0 Å². The highest BCUT2D eigenvalue weighted by Gasteiger charge is 2.30. The molecule has 1 aliphatic heterocycles. The molecule has 0 spiro atoms. The molecule has 132 valence electrons. The average Bonchev–Trinajstić information content (AvgIpc) is 2.55. The summed E-state index contributed by atoms with van der Waals surface area (Å²) in [7, 11) is 3.68. The van der Waals surface area contributed by atoms with E-state index in [4.69, 9.17) is 5.11 Å². The number of aliphatic carboxylic acids is 1. The fraction of sp³-hybridized carbons (Fsp3) is 0.556. The molecule has 1 fully saturated rings. The molecule has 0 aliphatic carbocycles. The van der Waals surface area contributed by atoms with Crippen LogP contribution in [0.3, 0.4) is 0 Å². The van der Waals surface area contributed by atoms with Crippen LogP contribution in [0.25, 0.3) is 0 Å². The van der Waals surface area contributed by atoms with Gasteiger partial charge in [-0.1, -0.05) is 12.1 Å². The fourth-order valence-electron chi connectivity index (χ4n) is 3.25. The van der Waals surface area contributed by atoms with E-state index in [9.17, 15) is 14.0 Å². The SMILES string of the molecule is CN(C)[C@H](C(=O)N1CCC(CCC(=O)O)CC1)c1ccc(F)cc1. The highest BCUT2D eigenvalue weighted by atomic mass is 19.1. The number of likely N-dealkylation sites (N-methyl/N-ethyl adjacent to an activating group) is 1. The Labute approximate surface area is 142 Å². The molecule has 1 atom stereocenters. The molecule has 1 heterocycles. The van der Waals surface area contributed by atoms with E-state index in [1.807, 2.05) is 23.9 Å². The maximum Gasteiger partial charge on any atom is 0.303 e. The Morgan fingerprint density at radius 1 is 1.25 bits per heavy atom. The first-order valence-electron chi connectivity index (χ1n) is 8.31. The van der Waals surface area contributed by atoms with Crippen molar-refractivity contribution >= 4 is 11.9 Å². The largest absolute Gasteiger partial charge is 0.481 e. The van der Waals surface area contributed by atoms with Crippen molar-refractivity contribution in [2.45, 2.75) is 31.7 Å². The van der Waals surface area contributed by atoms with Gasteiger partial charge in [0.25, 0.3) is 0 Å². The predicted molar refractivity (Wildman–Crippen MR) is 89.0 cm³/mol. The number of likely N-dealkylation sites (tertiary alicyclic amines) is 1. The number of benzene rings is 1. The van der Waals surface area contributed by atoms with Crippen molar-refractivity contribution in [3.63, 3.8) is 0 Å². The monoisotopic (exact) mass is 336 g/mol. The molecule has 1 amide bonds. The number of rotatable bonds is 6. The minimum atomic E-state index is -0.766. The van der Waals surface area contributed by atoms with Gasteiger partial charge in [-0.2, -0.15) is 0 Å². The molecule has 1 aromatic carbocycles. The molecule has 1 saturated heterocycles. The van der Waals surface area contributed by atoms with E-state index in [-0.39, 0.29) is 18.1 Å². The van der Waals surface area contributed by atoms with E-state index in [0.717, 1.165) is 18.4 Å². The second kappa shape index (κ2) is 8.24. The molecular formula is C18H25FN2O3. The smallest absolute Gasteiger partial charge is 0.303 e. The highest BCUT2D eigenvalue weighted by molar-refractivity contribution is 5.83.